The van der Waals surface area contributed by atoms with Crippen molar-refractivity contribution >= 4 is 6.09 Å². The van der Waals surface area contributed by atoms with Crippen molar-refractivity contribution in [1.82, 2.24) is 10.3 Å². The normalized spacial score (nSPS) is 9.69. The van der Waals surface area contributed by atoms with Crippen molar-refractivity contribution in [2.24, 2.45) is 0 Å². The zero-order valence-electron chi connectivity index (χ0n) is 7.66. The molecule has 0 saturated carbocycles. The average molecular weight is 184 g/mol. The van der Waals surface area contributed by atoms with Crippen LogP contribution in [0.1, 0.15) is 11.7 Å². The summed E-state index contributed by atoms with van der Waals surface area (Å²) in [4.78, 5) is 14.6. The fourth-order valence-electron chi connectivity index (χ4n) is 0.861. The van der Waals surface area contributed by atoms with Gasteiger partial charge in [-0.05, 0) is 6.92 Å². The summed E-state index contributed by atoms with van der Waals surface area (Å²) in [7, 11) is 1.32. The van der Waals surface area contributed by atoms with Gasteiger partial charge >= 0.3 is 6.09 Å². The fourth-order valence-corrected chi connectivity index (χ4v) is 0.861. The van der Waals surface area contributed by atoms with Gasteiger partial charge in [0.15, 0.2) is 5.89 Å². The van der Waals surface area contributed by atoms with E-state index in [9.17, 15) is 4.79 Å². The number of amides is 1. The van der Waals surface area contributed by atoms with Crippen LogP contribution in [0.5, 0.6) is 0 Å². The van der Waals surface area contributed by atoms with E-state index in [1.54, 1.807) is 6.20 Å². The van der Waals surface area contributed by atoms with Gasteiger partial charge in [-0.1, -0.05) is 0 Å². The summed E-state index contributed by atoms with van der Waals surface area (Å²) >= 11 is 0. The van der Waals surface area contributed by atoms with Crippen LogP contribution in [0.15, 0.2) is 10.6 Å². The number of methoxy groups -OCH3 is 1. The molecule has 0 saturated heterocycles. The number of nitrogens with zero attached hydrogens (tertiary/aromatic N) is 1. The highest BCUT2D eigenvalue weighted by molar-refractivity contribution is 5.66. The van der Waals surface area contributed by atoms with Crippen LogP contribution in [-0.4, -0.2) is 24.7 Å². The Morgan fingerprint density at radius 1 is 1.77 bits per heavy atom. The fraction of sp³-hybridized carbons (Fsp3) is 0.500. The second-order valence-electron chi connectivity index (χ2n) is 2.53. The lowest BCUT2D eigenvalue weighted by Gasteiger charge is -2.00. The summed E-state index contributed by atoms with van der Waals surface area (Å²) in [6, 6.07) is 0. The molecule has 0 bridgehead atoms. The van der Waals surface area contributed by atoms with Gasteiger partial charge in [0, 0.05) is 13.0 Å². The van der Waals surface area contributed by atoms with Gasteiger partial charge in [0.1, 0.15) is 5.76 Å². The van der Waals surface area contributed by atoms with Crippen molar-refractivity contribution < 1.29 is 13.9 Å². The van der Waals surface area contributed by atoms with Gasteiger partial charge in [-0.15, -0.1) is 0 Å². The Morgan fingerprint density at radius 2 is 2.54 bits per heavy atom. The van der Waals surface area contributed by atoms with Crippen LogP contribution >= 0.6 is 0 Å². The van der Waals surface area contributed by atoms with E-state index in [1.807, 2.05) is 6.92 Å². The first-order chi connectivity index (χ1) is 6.22. The molecule has 0 aromatic carbocycles. The van der Waals surface area contributed by atoms with E-state index < -0.39 is 6.09 Å². The number of carbonyl (C=O) groups is 1. The zero-order valence-corrected chi connectivity index (χ0v) is 7.66. The molecule has 0 unspecified atom stereocenters. The molecule has 72 valence electrons. The highest BCUT2D eigenvalue weighted by Crippen LogP contribution is 2.00. The van der Waals surface area contributed by atoms with Gasteiger partial charge < -0.3 is 14.5 Å². The minimum Gasteiger partial charge on any atom is -0.453 e. The Bertz CT molecular complexity index is 283. The van der Waals surface area contributed by atoms with Crippen LogP contribution in [0.4, 0.5) is 4.79 Å². The molecule has 0 spiro atoms. The van der Waals surface area contributed by atoms with Gasteiger partial charge in [-0.3, -0.25) is 0 Å². The first-order valence-corrected chi connectivity index (χ1v) is 3.95. The Labute approximate surface area is 76.1 Å². The number of aromatic nitrogens is 1. The van der Waals surface area contributed by atoms with Gasteiger partial charge in [0.25, 0.3) is 0 Å². The molecule has 0 aliphatic heterocycles. The summed E-state index contributed by atoms with van der Waals surface area (Å²) in [6.45, 7) is 2.29. The van der Waals surface area contributed by atoms with Crippen molar-refractivity contribution in [3.63, 3.8) is 0 Å². The van der Waals surface area contributed by atoms with E-state index in [-0.39, 0.29) is 0 Å². The van der Waals surface area contributed by atoms with Crippen LogP contribution in [0.25, 0.3) is 0 Å². The minimum absolute atomic E-state index is 0.441. The summed E-state index contributed by atoms with van der Waals surface area (Å²) < 4.78 is 9.59. The van der Waals surface area contributed by atoms with Gasteiger partial charge in [0.05, 0.1) is 13.3 Å². The van der Waals surface area contributed by atoms with E-state index in [4.69, 9.17) is 4.42 Å². The van der Waals surface area contributed by atoms with E-state index >= 15 is 0 Å². The minimum atomic E-state index is -0.441. The quantitative estimate of drug-likeness (QED) is 0.757. The van der Waals surface area contributed by atoms with Crippen LogP contribution in [0.3, 0.4) is 0 Å². The number of rotatable bonds is 3. The highest BCUT2D eigenvalue weighted by Gasteiger charge is 2.01. The van der Waals surface area contributed by atoms with Crippen molar-refractivity contribution in [3.05, 3.63) is 17.8 Å². The second-order valence-corrected chi connectivity index (χ2v) is 2.53. The maximum atomic E-state index is 10.6. The maximum Gasteiger partial charge on any atom is 0.406 e. The second kappa shape index (κ2) is 4.49. The number of ether oxygens (including phenoxy) is 1. The summed E-state index contributed by atoms with van der Waals surface area (Å²) in [6.07, 6.45) is 1.78. The molecule has 1 heterocycles. The number of hydrogen-bond acceptors (Lipinski definition) is 4. The number of oxazole rings is 1. The zero-order chi connectivity index (χ0) is 9.68. The monoisotopic (exact) mass is 184 g/mol. The third-order valence-electron chi connectivity index (χ3n) is 1.46. The van der Waals surface area contributed by atoms with Crippen LogP contribution < -0.4 is 5.32 Å². The smallest absolute Gasteiger partial charge is 0.406 e. The molecule has 5 nitrogen and oxygen atoms in total. The van der Waals surface area contributed by atoms with E-state index in [0.717, 1.165) is 5.76 Å². The molecule has 5 heteroatoms. The largest absolute Gasteiger partial charge is 0.453 e. The summed E-state index contributed by atoms with van der Waals surface area (Å²) in [5.74, 6) is 1.39. The van der Waals surface area contributed by atoms with Crippen LogP contribution in [0, 0.1) is 6.92 Å². The highest BCUT2D eigenvalue weighted by atomic mass is 16.5. The predicted octanol–water partition coefficient (Wildman–Crippen LogP) is 0.882. The van der Waals surface area contributed by atoms with Crippen molar-refractivity contribution in [3.8, 4) is 0 Å². The topological polar surface area (TPSA) is 64.4 Å². The van der Waals surface area contributed by atoms with Crippen molar-refractivity contribution in [2.75, 3.05) is 13.7 Å². The summed E-state index contributed by atoms with van der Waals surface area (Å²) in [5, 5.41) is 2.53. The molecule has 0 radical (unpaired) electrons. The SMILES string of the molecule is COC(=O)NCCc1ncc(C)o1. The standard InChI is InChI=1S/C8H12N2O3/c1-6-5-10-7(13-6)3-4-9-8(11)12-2/h5H,3-4H2,1-2H3,(H,9,11). The lowest BCUT2D eigenvalue weighted by atomic mass is 10.4. The average Bonchev–Trinajstić information content (AvgIpc) is 2.51. The molecule has 0 aliphatic rings. The first kappa shape index (κ1) is 9.57. The Balaban J connectivity index is 2.24. The Morgan fingerprint density at radius 3 is 3.08 bits per heavy atom. The first-order valence-electron chi connectivity index (χ1n) is 3.95. The lowest BCUT2D eigenvalue weighted by molar-refractivity contribution is 0.171. The van der Waals surface area contributed by atoms with Gasteiger partial charge in [-0.25, -0.2) is 9.78 Å². The van der Waals surface area contributed by atoms with Crippen molar-refractivity contribution in [2.45, 2.75) is 13.3 Å². The van der Waals surface area contributed by atoms with Crippen LogP contribution in [0.2, 0.25) is 0 Å². The predicted molar refractivity (Wildman–Crippen MR) is 45.4 cm³/mol. The molecule has 0 aliphatic carbocycles. The lowest BCUT2D eigenvalue weighted by Crippen LogP contribution is -2.25. The summed E-state index contributed by atoms with van der Waals surface area (Å²) in [5.41, 5.74) is 0. The number of carbonyl (C=O) groups excluding carboxylic acids is 1. The molecule has 13 heavy (non-hydrogen) atoms. The molecule has 1 aromatic rings. The van der Waals surface area contributed by atoms with Gasteiger partial charge in [-0.2, -0.15) is 0 Å². The number of hydrogen-bond donors (Lipinski definition) is 1. The van der Waals surface area contributed by atoms with Crippen molar-refractivity contribution in [1.29, 1.82) is 0 Å². The molecule has 1 aromatic heterocycles. The van der Waals surface area contributed by atoms with E-state index in [2.05, 4.69) is 15.0 Å². The molecule has 1 N–H and O–H groups in total. The maximum absolute atomic E-state index is 10.6. The van der Waals surface area contributed by atoms with E-state index in [0.29, 0.717) is 18.9 Å². The number of nitrogens with one attached hydrogen (secondary N) is 1. The Kier molecular flexibility index (Phi) is 3.31. The molecular formula is C8H12N2O3. The molecule has 0 atom stereocenters. The molecular weight excluding hydrogens is 172 g/mol. The third kappa shape index (κ3) is 3.14. The third-order valence-corrected chi connectivity index (χ3v) is 1.46. The number of alkyl carbamates (subject to hydrolysis) is 1. The van der Waals surface area contributed by atoms with Gasteiger partial charge in [0.2, 0.25) is 0 Å². The molecule has 0 fully saturated rings. The molecule has 1 rings (SSSR count). The van der Waals surface area contributed by atoms with E-state index in [1.165, 1.54) is 7.11 Å². The Hall–Kier alpha value is -1.52. The number of aryl methyl sites for hydroxylation is 1. The molecule has 1 amide bonds. The van der Waals surface area contributed by atoms with Crippen LogP contribution in [-0.2, 0) is 11.2 Å².